The minimum atomic E-state index is -1.10. The third-order valence-corrected chi connectivity index (χ3v) is 9.01. The van der Waals surface area contributed by atoms with E-state index in [1.165, 1.54) is 7.11 Å². The SMILES string of the molecule is CCc1c(C)/c2[n-]/c1=C\c1[n-]c3c(c1C)C(=O)[C@H](C(=O)OC)/C3=C1/[N-]/C(=C\c3[n-]c(c(CO)c3C)\C=2)[C@@H](C)[C@@H]1C.[Mg+2]. The molecule has 1 fully saturated rings. The van der Waals surface area contributed by atoms with Gasteiger partial charge >= 0.3 is 29.0 Å². The molecule has 0 unspecified atom stereocenters. The summed E-state index contributed by atoms with van der Waals surface area (Å²) < 4.78 is 5.10. The van der Waals surface area contributed by atoms with Crippen molar-refractivity contribution in [3.63, 3.8) is 0 Å². The summed E-state index contributed by atoms with van der Waals surface area (Å²) in [5.41, 5.74) is 9.54. The summed E-state index contributed by atoms with van der Waals surface area (Å²) in [6, 6.07) is 0. The van der Waals surface area contributed by atoms with Crippen LogP contribution < -0.4 is 25.7 Å². The van der Waals surface area contributed by atoms with Crippen LogP contribution in [-0.2, 0) is 22.6 Å². The van der Waals surface area contributed by atoms with Crippen molar-refractivity contribution in [2.24, 2.45) is 17.8 Å². The minimum Gasteiger partial charge on any atom is -0.664 e. The molecule has 3 atom stereocenters. The molecule has 3 aliphatic rings. The summed E-state index contributed by atoms with van der Waals surface area (Å²) in [6.45, 7) is 11.9. The Morgan fingerprint density at radius 1 is 0.902 bits per heavy atom. The number of carbonyl (C=O) groups excluding carboxylic acids is 2. The van der Waals surface area contributed by atoms with Crippen molar-refractivity contribution in [3.05, 3.63) is 83.6 Å². The molecule has 3 aromatic heterocycles. The van der Waals surface area contributed by atoms with Crippen LogP contribution in [0.15, 0.2) is 11.4 Å². The Labute approximate surface area is 255 Å². The average Bonchev–Trinajstić information content (AvgIpc) is 3.66. The fourth-order valence-electron chi connectivity index (χ4n) is 6.35. The second-order valence-corrected chi connectivity index (χ2v) is 11.0. The third kappa shape index (κ3) is 4.20. The molecule has 0 radical (unpaired) electrons. The Bertz CT molecular complexity index is 1800. The molecule has 0 amide bonds. The standard InChI is InChI=1S/C32H33N4O4.Mg/c1-8-18-15(4)22-10-25-19(12-37)16(5)21(34-25)9-20-13(2)14(3)29(35-20)27-28(32(39)40-7)31(38)26-17(6)23(36-30(26)27)11-24(18)33-22;/h9-11,13-14,28,37H,8,12H2,1-7H3,(H-,35,36,38);/q-3;+2/p-1/b20-9-,22-10-,24-11-;/t13-,14-,28+;/m0./s1. The number of hydrogen-bond donors (Lipinski definition) is 1. The minimum absolute atomic E-state index is 0. The molecular formula is C32H32MgN4O4-2. The van der Waals surface area contributed by atoms with Crippen LogP contribution in [0, 0.1) is 38.5 Å². The normalized spacial score (nSPS) is 25.4. The maximum atomic E-state index is 13.8. The number of aliphatic hydroxyl groups excluding tert-OH is 1. The molecule has 1 saturated heterocycles. The van der Waals surface area contributed by atoms with Gasteiger partial charge in [-0.15, -0.1) is 33.5 Å². The maximum Gasteiger partial charge on any atom is 2.00 e. The van der Waals surface area contributed by atoms with E-state index in [0.717, 1.165) is 56.3 Å². The van der Waals surface area contributed by atoms with Gasteiger partial charge in [-0.25, -0.2) is 0 Å². The molecule has 0 saturated carbocycles. The van der Waals surface area contributed by atoms with Gasteiger partial charge in [-0.3, -0.25) is 9.59 Å². The molecule has 1 N–H and O–H groups in total. The number of aromatic nitrogens is 3. The third-order valence-electron chi connectivity index (χ3n) is 9.01. The van der Waals surface area contributed by atoms with Crippen molar-refractivity contribution < 1.29 is 19.4 Å². The van der Waals surface area contributed by atoms with Crippen LogP contribution in [0.2, 0.25) is 0 Å². The van der Waals surface area contributed by atoms with Crippen molar-refractivity contribution in [2.75, 3.05) is 7.11 Å². The van der Waals surface area contributed by atoms with Crippen LogP contribution in [0.5, 0.6) is 0 Å². The number of carbonyl (C=O) groups is 2. The van der Waals surface area contributed by atoms with Gasteiger partial charge in [-0.1, -0.05) is 66.8 Å². The van der Waals surface area contributed by atoms with E-state index in [1.807, 2.05) is 39.0 Å². The van der Waals surface area contributed by atoms with Crippen LogP contribution in [0.25, 0.3) is 29.1 Å². The maximum absolute atomic E-state index is 13.8. The topological polar surface area (TPSA) is 120 Å². The van der Waals surface area contributed by atoms with Crippen LogP contribution in [0.4, 0.5) is 0 Å². The molecule has 5 heterocycles. The fraction of sp³-hybridized carbons (Fsp3) is 0.375. The number of esters is 1. The smallest absolute Gasteiger partial charge is 0.664 e. The number of nitrogens with zero attached hydrogens (tertiary/aromatic N) is 4. The summed E-state index contributed by atoms with van der Waals surface area (Å²) in [5, 5.41) is 16.8. The van der Waals surface area contributed by atoms with Gasteiger partial charge in [0.15, 0.2) is 5.78 Å². The van der Waals surface area contributed by atoms with Crippen molar-refractivity contribution in [3.8, 4) is 0 Å². The van der Waals surface area contributed by atoms with Gasteiger partial charge in [0.05, 0.1) is 13.7 Å². The number of rotatable bonds is 3. The zero-order valence-corrected chi connectivity index (χ0v) is 26.0. The van der Waals surface area contributed by atoms with E-state index in [9.17, 15) is 14.7 Å². The van der Waals surface area contributed by atoms with E-state index in [4.69, 9.17) is 25.0 Å². The fourth-order valence-corrected chi connectivity index (χ4v) is 6.35. The largest absolute Gasteiger partial charge is 2.00 e. The first kappa shape index (κ1) is 29.2. The van der Waals surface area contributed by atoms with E-state index in [-0.39, 0.29) is 47.3 Å². The Hall–Kier alpha value is -3.27. The van der Waals surface area contributed by atoms with E-state index < -0.39 is 11.9 Å². The molecule has 0 aromatic carbocycles. The van der Waals surface area contributed by atoms with Crippen molar-refractivity contribution in [1.82, 2.24) is 15.0 Å². The van der Waals surface area contributed by atoms with Crippen LogP contribution in [0.1, 0.15) is 81.7 Å². The number of allylic oxidation sites excluding steroid dienone is 2. The zero-order valence-electron chi connectivity index (χ0n) is 24.5. The molecule has 0 spiro atoms. The Balaban J connectivity index is 0.00000337. The number of fused-ring (bicyclic) bond motifs is 7. The molecule has 8 nitrogen and oxygen atoms in total. The average molecular weight is 561 g/mol. The summed E-state index contributed by atoms with van der Waals surface area (Å²) in [4.78, 5) is 41.6. The molecule has 8 bridgehead atoms. The first-order chi connectivity index (χ1) is 19.1. The van der Waals surface area contributed by atoms with Crippen LogP contribution >= 0.6 is 0 Å². The van der Waals surface area contributed by atoms with E-state index in [1.54, 1.807) is 0 Å². The molecule has 41 heavy (non-hydrogen) atoms. The number of ketones is 1. The van der Waals surface area contributed by atoms with Gasteiger partial charge in [0.2, 0.25) is 0 Å². The Morgan fingerprint density at radius 3 is 2.24 bits per heavy atom. The van der Waals surface area contributed by atoms with Crippen LogP contribution in [0.3, 0.4) is 0 Å². The molecule has 208 valence electrons. The van der Waals surface area contributed by atoms with Gasteiger partial charge in [0, 0.05) is 5.56 Å². The van der Waals surface area contributed by atoms with Crippen molar-refractivity contribution in [2.45, 2.75) is 54.6 Å². The Morgan fingerprint density at radius 2 is 1.59 bits per heavy atom. The first-order valence-electron chi connectivity index (χ1n) is 13.7. The number of aliphatic hydroxyl groups is 1. The monoisotopic (exact) mass is 560 g/mol. The molecule has 6 rings (SSSR count). The predicted molar refractivity (Wildman–Crippen MR) is 157 cm³/mol. The molecule has 3 aromatic rings. The summed E-state index contributed by atoms with van der Waals surface area (Å²) in [7, 11) is 1.30. The van der Waals surface area contributed by atoms with Gasteiger partial charge in [0.25, 0.3) is 0 Å². The van der Waals surface area contributed by atoms with Crippen molar-refractivity contribution >= 4 is 58.6 Å². The predicted octanol–water partition coefficient (Wildman–Crippen LogP) is 2.53. The molecule has 1 aliphatic carbocycles. The number of methoxy groups -OCH3 is 1. The van der Waals surface area contributed by atoms with Gasteiger partial charge < -0.3 is 30.1 Å². The van der Waals surface area contributed by atoms with E-state index in [2.05, 4.69) is 20.8 Å². The summed E-state index contributed by atoms with van der Waals surface area (Å²) >= 11 is 0. The van der Waals surface area contributed by atoms with Crippen LogP contribution in [-0.4, -0.2) is 47.0 Å². The zero-order chi connectivity index (χ0) is 28.6. The number of Topliss-reactive ketones (excluding diaryl/α,β-unsaturated/α-hetero) is 1. The van der Waals surface area contributed by atoms with E-state index in [0.29, 0.717) is 33.9 Å². The molecular weight excluding hydrogens is 529 g/mol. The van der Waals surface area contributed by atoms with Gasteiger partial charge in [0.1, 0.15) is 5.92 Å². The molecule has 2 aliphatic heterocycles. The second-order valence-electron chi connectivity index (χ2n) is 11.0. The Kier molecular flexibility index (Phi) is 7.51. The number of hydrogen-bond acceptors (Lipinski definition) is 4. The first-order valence-corrected chi connectivity index (χ1v) is 13.7. The van der Waals surface area contributed by atoms with Crippen molar-refractivity contribution in [1.29, 1.82) is 0 Å². The quantitative estimate of drug-likeness (QED) is 0.297. The summed E-state index contributed by atoms with van der Waals surface area (Å²) in [6.07, 6.45) is 6.59. The van der Waals surface area contributed by atoms with Gasteiger partial charge in [-0.05, 0) is 44.6 Å². The number of ether oxygens (including phenoxy) is 1. The van der Waals surface area contributed by atoms with Gasteiger partial charge in [-0.2, -0.15) is 11.4 Å². The second kappa shape index (κ2) is 10.5. The molecule has 9 heteroatoms. The summed E-state index contributed by atoms with van der Waals surface area (Å²) in [5.74, 6) is -2.07. The van der Waals surface area contributed by atoms with E-state index >= 15 is 0 Å².